The van der Waals surface area contributed by atoms with Crippen molar-refractivity contribution in [3.63, 3.8) is 0 Å². The molecule has 0 bridgehead atoms. The van der Waals surface area contributed by atoms with E-state index in [-0.39, 0.29) is 6.04 Å². The Morgan fingerprint density at radius 2 is 2.12 bits per heavy atom. The molecule has 90 valence electrons. The Morgan fingerprint density at radius 1 is 1.35 bits per heavy atom. The molecule has 2 aromatic rings. The number of hydrogen-bond donors (Lipinski definition) is 1. The average Bonchev–Trinajstić information content (AvgIpc) is 2.79. The third-order valence-corrected chi connectivity index (χ3v) is 3.89. The maximum atomic E-state index is 6.13. The molecule has 0 saturated carbocycles. The summed E-state index contributed by atoms with van der Waals surface area (Å²) in [5.74, 6) is 0. The molecule has 0 radical (unpaired) electrons. The predicted octanol–water partition coefficient (Wildman–Crippen LogP) is 3.53. The maximum absolute atomic E-state index is 6.13. The average molecular weight is 268 g/mol. The molecule has 0 aliphatic carbocycles. The van der Waals surface area contributed by atoms with E-state index in [4.69, 9.17) is 11.6 Å². The SMILES string of the molecule is CCNC(C)c1nnc(-c2ccccc2Cl)s1. The quantitative estimate of drug-likeness (QED) is 0.921. The fourth-order valence-corrected chi connectivity index (χ4v) is 2.74. The summed E-state index contributed by atoms with van der Waals surface area (Å²) < 4.78 is 0. The molecule has 2 rings (SSSR count). The molecule has 0 amide bonds. The third kappa shape index (κ3) is 2.83. The zero-order valence-electron chi connectivity index (χ0n) is 9.77. The van der Waals surface area contributed by atoms with Gasteiger partial charge in [-0.25, -0.2) is 0 Å². The van der Waals surface area contributed by atoms with Crippen LogP contribution in [-0.2, 0) is 0 Å². The van der Waals surface area contributed by atoms with Crippen LogP contribution >= 0.6 is 22.9 Å². The van der Waals surface area contributed by atoms with Crippen molar-refractivity contribution in [1.29, 1.82) is 0 Å². The van der Waals surface area contributed by atoms with Crippen molar-refractivity contribution in [2.75, 3.05) is 6.54 Å². The highest BCUT2D eigenvalue weighted by molar-refractivity contribution is 7.14. The van der Waals surface area contributed by atoms with Crippen molar-refractivity contribution in [2.24, 2.45) is 0 Å². The number of aromatic nitrogens is 2. The molecule has 0 spiro atoms. The molecule has 1 aromatic carbocycles. The molecule has 3 nitrogen and oxygen atoms in total. The third-order valence-electron chi connectivity index (χ3n) is 2.43. The molecule has 0 fully saturated rings. The maximum Gasteiger partial charge on any atom is 0.149 e. The van der Waals surface area contributed by atoms with Gasteiger partial charge in [0.1, 0.15) is 10.0 Å². The minimum atomic E-state index is 0.230. The smallest absolute Gasteiger partial charge is 0.149 e. The first kappa shape index (κ1) is 12.5. The van der Waals surface area contributed by atoms with Crippen LogP contribution in [-0.4, -0.2) is 16.7 Å². The van der Waals surface area contributed by atoms with Gasteiger partial charge in [0.2, 0.25) is 0 Å². The predicted molar refractivity (Wildman–Crippen MR) is 72.4 cm³/mol. The van der Waals surface area contributed by atoms with Crippen molar-refractivity contribution in [3.05, 3.63) is 34.3 Å². The highest BCUT2D eigenvalue weighted by Gasteiger charge is 2.13. The number of rotatable bonds is 4. The standard InChI is InChI=1S/C12H14ClN3S/c1-3-14-8(2)11-15-16-12(17-11)9-6-4-5-7-10(9)13/h4-8,14H,3H2,1-2H3. The van der Waals surface area contributed by atoms with Gasteiger partial charge >= 0.3 is 0 Å². The number of nitrogens with zero attached hydrogens (tertiary/aromatic N) is 2. The van der Waals surface area contributed by atoms with Crippen LogP contribution in [0.3, 0.4) is 0 Å². The number of benzene rings is 1. The molecule has 0 aliphatic heterocycles. The highest BCUT2D eigenvalue weighted by Crippen LogP contribution is 2.31. The molecular formula is C12H14ClN3S. The van der Waals surface area contributed by atoms with Crippen molar-refractivity contribution < 1.29 is 0 Å². The Labute approximate surface area is 110 Å². The van der Waals surface area contributed by atoms with Crippen LogP contribution in [0.25, 0.3) is 10.6 Å². The van der Waals surface area contributed by atoms with Crippen LogP contribution < -0.4 is 5.32 Å². The van der Waals surface area contributed by atoms with Gasteiger partial charge in [-0.1, -0.05) is 48.1 Å². The summed E-state index contributed by atoms with van der Waals surface area (Å²) in [5.41, 5.74) is 0.946. The van der Waals surface area contributed by atoms with Gasteiger partial charge in [0.05, 0.1) is 11.1 Å². The molecular weight excluding hydrogens is 254 g/mol. The highest BCUT2D eigenvalue weighted by atomic mass is 35.5. The van der Waals surface area contributed by atoms with E-state index in [1.807, 2.05) is 24.3 Å². The first-order valence-electron chi connectivity index (χ1n) is 5.54. The summed E-state index contributed by atoms with van der Waals surface area (Å²) >= 11 is 7.71. The van der Waals surface area contributed by atoms with Crippen molar-refractivity contribution >= 4 is 22.9 Å². The lowest BCUT2D eigenvalue weighted by Crippen LogP contribution is -2.17. The van der Waals surface area contributed by atoms with Crippen LogP contribution in [0.4, 0.5) is 0 Å². The molecule has 0 saturated heterocycles. The van der Waals surface area contributed by atoms with Crippen LogP contribution in [0, 0.1) is 0 Å². The summed E-state index contributed by atoms with van der Waals surface area (Å²) in [6.45, 7) is 5.08. The molecule has 1 heterocycles. The molecule has 17 heavy (non-hydrogen) atoms. The lowest BCUT2D eigenvalue weighted by atomic mass is 10.2. The zero-order valence-corrected chi connectivity index (χ0v) is 11.3. The van der Waals surface area contributed by atoms with Crippen LogP contribution in [0.15, 0.2) is 24.3 Å². The summed E-state index contributed by atoms with van der Waals surface area (Å²) in [6, 6.07) is 7.93. The van der Waals surface area contributed by atoms with Gasteiger partial charge in [-0.15, -0.1) is 10.2 Å². The summed E-state index contributed by atoms with van der Waals surface area (Å²) in [5, 5.41) is 14.3. The van der Waals surface area contributed by atoms with E-state index >= 15 is 0 Å². The van der Waals surface area contributed by atoms with Crippen molar-refractivity contribution in [3.8, 4) is 10.6 Å². The normalized spacial score (nSPS) is 12.6. The number of halogens is 1. The van der Waals surface area contributed by atoms with Gasteiger partial charge < -0.3 is 5.32 Å². The molecule has 5 heteroatoms. The Balaban J connectivity index is 2.27. The Bertz CT molecular complexity index is 498. The topological polar surface area (TPSA) is 37.8 Å². The minimum absolute atomic E-state index is 0.230. The van der Waals surface area contributed by atoms with Crippen molar-refractivity contribution in [1.82, 2.24) is 15.5 Å². The van der Waals surface area contributed by atoms with E-state index in [1.165, 1.54) is 0 Å². The zero-order chi connectivity index (χ0) is 12.3. The van der Waals surface area contributed by atoms with E-state index in [0.717, 1.165) is 22.1 Å². The van der Waals surface area contributed by atoms with Gasteiger partial charge in [0, 0.05) is 5.56 Å². The molecule has 1 unspecified atom stereocenters. The summed E-state index contributed by atoms with van der Waals surface area (Å²) in [4.78, 5) is 0. The molecule has 1 atom stereocenters. The van der Waals surface area contributed by atoms with Crippen LogP contribution in [0.2, 0.25) is 5.02 Å². The first-order valence-corrected chi connectivity index (χ1v) is 6.73. The van der Waals surface area contributed by atoms with Gasteiger partial charge in [-0.3, -0.25) is 0 Å². The van der Waals surface area contributed by atoms with E-state index < -0.39 is 0 Å². The van der Waals surface area contributed by atoms with Gasteiger partial charge in [-0.2, -0.15) is 0 Å². The second-order valence-corrected chi connectivity index (χ2v) is 5.12. The first-order chi connectivity index (χ1) is 8.22. The number of nitrogens with one attached hydrogen (secondary N) is 1. The fraction of sp³-hybridized carbons (Fsp3) is 0.333. The lowest BCUT2D eigenvalue weighted by Gasteiger charge is -2.06. The summed E-state index contributed by atoms with van der Waals surface area (Å²) in [7, 11) is 0. The van der Waals surface area contributed by atoms with E-state index in [9.17, 15) is 0 Å². The van der Waals surface area contributed by atoms with Gasteiger partial charge in [-0.05, 0) is 19.5 Å². The monoisotopic (exact) mass is 267 g/mol. The Kier molecular flexibility index (Phi) is 4.10. The van der Waals surface area contributed by atoms with Crippen LogP contribution in [0.5, 0.6) is 0 Å². The second kappa shape index (κ2) is 5.58. The Hall–Kier alpha value is -0.970. The van der Waals surface area contributed by atoms with E-state index in [1.54, 1.807) is 11.3 Å². The second-order valence-electron chi connectivity index (χ2n) is 3.70. The lowest BCUT2D eigenvalue weighted by molar-refractivity contribution is 0.590. The largest absolute Gasteiger partial charge is 0.308 e. The molecule has 1 N–H and O–H groups in total. The van der Waals surface area contributed by atoms with Gasteiger partial charge in [0.25, 0.3) is 0 Å². The molecule has 1 aromatic heterocycles. The molecule has 0 aliphatic rings. The van der Waals surface area contributed by atoms with Crippen LogP contribution in [0.1, 0.15) is 24.9 Å². The van der Waals surface area contributed by atoms with E-state index in [0.29, 0.717) is 5.02 Å². The minimum Gasteiger partial charge on any atom is -0.308 e. The van der Waals surface area contributed by atoms with Gasteiger partial charge in [0.15, 0.2) is 0 Å². The summed E-state index contributed by atoms with van der Waals surface area (Å²) in [6.07, 6.45) is 0. The van der Waals surface area contributed by atoms with Crippen molar-refractivity contribution in [2.45, 2.75) is 19.9 Å². The Morgan fingerprint density at radius 3 is 2.82 bits per heavy atom. The fourth-order valence-electron chi connectivity index (χ4n) is 1.55. The van der Waals surface area contributed by atoms with E-state index in [2.05, 4.69) is 29.4 Å². The number of hydrogen-bond acceptors (Lipinski definition) is 4.